The lowest BCUT2D eigenvalue weighted by atomic mass is 9.86. The Morgan fingerprint density at radius 1 is 1.26 bits per heavy atom. The Morgan fingerprint density at radius 3 is 2.67 bits per heavy atom. The van der Waals surface area contributed by atoms with Gasteiger partial charge in [0.05, 0.1) is 11.5 Å². The molecule has 0 radical (unpaired) electrons. The molecule has 1 N–H and O–H groups in total. The molecule has 0 atom stereocenters. The van der Waals surface area contributed by atoms with Crippen molar-refractivity contribution in [1.29, 1.82) is 0 Å². The minimum atomic E-state index is -0.354. The average Bonchev–Trinajstić information content (AvgIpc) is 2.70. The fourth-order valence-electron chi connectivity index (χ4n) is 4.27. The smallest absolute Gasteiger partial charge is 0.270 e. The predicted octanol–water partition coefficient (Wildman–Crippen LogP) is 3.12. The molecule has 7 nitrogen and oxygen atoms in total. The molecule has 2 heterocycles. The van der Waals surface area contributed by atoms with Crippen molar-refractivity contribution in [2.75, 3.05) is 39.5 Å². The van der Waals surface area contributed by atoms with Gasteiger partial charge in [0.1, 0.15) is 5.75 Å². The Hall–Kier alpha value is -1.70. The molecule has 1 aromatic carbocycles. The van der Waals surface area contributed by atoms with Gasteiger partial charge < -0.3 is 14.8 Å². The molecule has 0 aromatic heterocycles. The molecule has 7 heteroatoms. The van der Waals surface area contributed by atoms with E-state index in [4.69, 9.17) is 9.47 Å². The van der Waals surface area contributed by atoms with Crippen LogP contribution in [0.3, 0.4) is 0 Å². The largest absolute Gasteiger partial charge is 0.494 e. The lowest BCUT2D eigenvalue weighted by molar-refractivity contribution is -0.384. The summed E-state index contributed by atoms with van der Waals surface area (Å²) in [5.74, 6) is 0.717. The summed E-state index contributed by atoms with van der Waals surface area (Å²) in [4.78, 5) is 13.4. The average molecular weight is 377 g/mol. The van der Waals surface area contributed by atoms with Gasteiger partial charge >= 0.3 is 0 Å². The Morgan fingerprint density at radius 2 is 2.00 bits per heavy atom. The van der Waals surface area contributed by atoms with E-state index in [-0.39, 0.29) is 16.1 Å². The van der Waals surface area contributed by atoms with Crippen molar-refractivity contribution < 1.29 is 14.4 Å². The first-order valence-electron chi connectivity index (χ1n) is 10.1. The summed E-state index contributed by atoms with van der Waals surface area (Å²) in [6.07, 6.45) is 5.92. The van der Waals surface area contributed by atoms with Gasteiger partial charge in [-0.05, 0) is 51.8 Å². The summed E-state index contributed by atoms with van der Waals surface area (Å²) in [6.45, 7) is 7.81. The molecule has 2 aliphatic heterocycles. The molecule has 2 saturated heterocycles. The van der Waals surface area contributed by atoms with Crippen molar-refractivity contribution in [2.24, 2.45) is 0 Å². The van der Waals surface area contributed by atoms with Crippen LogP contribution in [0.25, 0.3) is 0 Å². The molecule has 0 saturated carbocycles. The molecule has 1 aromatic rings. The van der Waals surface area contributed by atoms with E-state index < -0.39 is 0 Å². The van der Waals surface area contributed by atoms with Crippen LogP contribution in [0.1, 0.15) is 44.6 Å². The fraction of sp³-hybridized carbons (Fsp3) is 0.700. The summed E-state index contributed by atoms with van der Waals surface area (Å²) in [5, 5.41) is 14.7. The monoisotopic (exact) mass is 377 g/mol. The molecule has 150 valence electrons. The van der Waals surface area contributed by atoms with Gasteiger partial charge in [-0.25, -0.2) is 0 Å². The number of hydrogen-bond acceptors (Lipinski definition) is 6. The van der Waals surface area contributed by atoms with Crippen LogP contribution in [0, 0.1) is 10.1 Å². The van der Waals surface area contributed by atoms with Crippen molar-refractivity contribution in [3.8, 4) is 5.75 Å². The molecule has 2 fully saturated rings. The molecular weight excluding hydrogens is 346 g/mol. The summed E-state index contributed by atoms with van der Waals surface area (Å²) in [7, 11) is 0. The van der Waals surface area contributed by atoms with Crippen molar-refractivity contribution in [1.82, 2.24) is 10.2 Å². The van der Waals surface area contributed by atoms with Crippen molar-refractivity contribution >= 4 is 5.69 Å². The highest BCUT2D eigenvalue weighted by molar-refractivity contribution is 5.43. The van der Waals surface area contributed by atoms with Crippen LogP contribution in [0.4, 0.5) is 5.69 Å². The van der Waals surface area contributed by atoms with Gasteiger partial charge in [-0.3, -0.25) is 15.0 Å². The van der Waals surface area contributed by atoms with Crippen LogP contribution in [-0.2, 0) is 11.3 Å². The van der Waals surface area contributed by atoms with Gasteiger partial charge in [-0.1, -0.05) is 6.42 Å². The van der Waals surface area contributed by atoms with E-state index in [2.05, 4.69) is 10.2 Å². The van der Waals surface area contributed by atoms with Crippen molar-refractivity contribution in [3.63, 3.8) is 0 Å². The Labute approximate surface area is 161 Å². The first-order valence-corrected chi connectivity index (χ1v) is 10.1. The standard InChI is InChI=1S/C20H31N3O4/c1-2-27-19-7-6-18(23(24)25)14-17(19)15-21-16-20(8-12-26-13-9-20)22-10-4-3-5-11-22/h6-7,14,21H,2-5,8-13,15-16H2,1H3. The summed E-state index contributed by atoms with van der Waals surface area (Å²) >= 11 is 0. The van der Waals surface area contributed by atoms with E-state index in [0.717, 1.165) is 57.0 Å². The van der Waals surface area contributed by atoms with Crippen LogP contribution in [-0.4, -0.2) is 54.8 Å². The number of ether oxygens (including phenoxy) is 2. The second-order valence-corrected chi connectivity index (χ2v) is 7.47. The SMILES string of the molecule is CCOc1ccc([N+](=O)[O-])cc1CNCC1(N2CCCCC2)CCOCC1. The van der Waals surface area contributed by atoms with Gasteiger partial charge in [0.15, 0.2) is 0 Å². The van der Waals surface area contributed by atoms with Gasteiger partial charge in [0.2, 0.25) is 0 Å². The highest BCUT2D eigenvalue weighted by Crippen LogP contribution is 2.31. The fourth-order valence-corrected chi connectivity index (χ4v) is 4.27. The number of nitro groups is 1. The molecular formula is C20H31N3O4. The maximum atomic E-state index is 11.1. The maximum absolute atomic E-state index is 11.1. The number of nitrogens with one attached hydrogen (secondary N) is 1. The topological polar surface area (TPSA) is 76.9 Å². The van der Waals surface area contributed by atoms with Gasteiger partial charge in [0.25, 0.3) is 5.69 Å². The number of nitrogens with zero attached hydrogens (tertiary/aromatic N) is 2. The van der Waals surface area contributed by atoms with Crippen LogP contribution in [0.5, 0.6) is 5.75 Å². The number of hydrogen-bond donors (Lipinski definition) is 1. The van der Waals surface area contributed by atoms with E-state index in [1.807, 2.05) is 6.92 Å². The Balaban J connectivity index is 1.69. The first-order chi connectivity index (χ1) is 13.1. The minimum Gasteiger partial charge on any atom is -0.494 e. The van der Waals surface area contributed by atoms with Crippen molar-refractivity contribution in [3.05, 3.63) is 33.9 Å². The third-order valence-corrected chi connectivity index (χ3v) is 5.77. The first kappa shape index (κ1) is 20.0. The normalized spacial score (nSPS) is 20.3. The van der Waals surface area contributed by atoms with E-state index in [0.29, 0.717) is 13.2 Å². The molecule has 0 bridgehead atoms. The zero-order valence-electron chi connectivity index (χ0n) is 16.2. The number of nitro benzene ring substituents is 1. The van der Waals surface area contributed by atoms with E-state index in [1.54, 1.807) is 12.1 Å². The van der Waals surface area contributed by atoms with Gasteiger partial charge in [-0.2, -0.15) is 0 Å². The molecule has 0 unspecified atom stereocenters. The van der Waals surface area contributed by atoms with E-state index in [9.17, 15) is 10.1 Å². The second-order valence-electron chi connectivity index (χ2n) is 7.47. The van der Waals surface area contributed by atoms with Gasteiger partial charge in [0, 0.05) is 49.5 Å². The Bertz CT molecular complexity index is 626. The molecule has 2 aliphatic rings. The Kier molecular flexibility index (Phi) is 7.04. The summed E-state index contributed by atoms with van der Waals surface area (Å²) in [6, 6.07) is 4.82. The van der Waals surface area contributed by atoms with Crippen molar-refractivity contribution in [2.45, 2.75) is 51.1 Å². The zero-order valence-corrected chi connectivity index (χ0v) is 16.2. The number of benzene rings is 1. The lowest BCUT2D eigenvalue weighted by Gasteiger charge is -2.48. The highest BCUT2D eigenvalue weighted by atomic mass is 16.6. The maximum Gasteiger partial charge on any atom is 0.270 e. The quantitative estimate of drug-likeness (QED) is 0.554. The van der Waals surface area contributed by atoms with Crippen LogP contribution >= 0.6 is 0 Å². The van der Waals surface area contributed by atoms with Crippen LogP contribution in [0.2, 0.25) is 0 Å². The molecule has 0 spiro atoms. The summed E-state index contributed by atoms with van der Waals surface area (Å²) < 4.78 is 11.3. The number of non-ortho nitro benzene ring substituents is 1. The van der Waals surface area contributed by atoms with Gasteiger partial charge in [-0.15, -0.1) is 0 Å². The third kappa shape index (κ3) is 4.97. The molecule has 0 amide bonds. The van der Waals surface area contributed by atoms with Crippen LogP contribution in [0.15, 0.2) is 18.2 Å². The summed E-state index contributed by atoms with van der Waals surface area (Å²) in [5.41, 5.74) is 1.07. The second kappa shape index (κ2) is 9.48. The number of rotatable bonds is 8. The van der Waals surface area contributed by atoms with E-state index >= 15 is 0 Å². The lowest BCUT2D eigenvalue weighted by Crippen LogP contribution is -2.59. The molecule has 27 heavy (non-hydrogen) atoms. The predicted molar refractivity (Wildman–Crippen MR) is 104 cm³/mol. The third-order valence-electron chi connectivity index (χ3n) is 5.77. The zero-order chi connectivity index (χ0) is 19.1. The molecule has 3 rings (SSSR count). The van der Waals surface area contributed by atoms with E-state index in [1.165, 1.54) is 25.3 Å². The number of piperidine rings is 1. The molecule has 0 aliphatic carbocycles. The number of likely N-dealkylation sites (tertiary alicyclic amines) is 1. The minimum absolute atomic E-state index is 0.104. The highest BCUT2D eigenvalue weighted by Gasteiger charge is 2.38. The van der Waals surface area contributed by atoms with Crippen LogP contribution < -0.4 is 10.1 Å².